The molecule has 2 aromatic carbocycles. The molecular formula is C26H21F4N5O3. The van der Waals surface area contributed by atoms with Gasteiger partial charge in [0.25, 0.3) is 5.91 Å². The highest BCUT2D eigenvalue weighted by Crippen LogP contribution is 2.33. The van der Waals surface area contributed by atoms with Crippen molar-refractivity contribution in [1.29, 1.82) is 0 Å². The molecule has 4 aromatic rings. The summed E-state index contributed by atoms with van der Waals surface area (Å²) in [6.07, 6.45) is -5.55. The molecule has 2 heterocycles. The monoisotopic (exact) mass is 527 g/mol. The largest absolute Gasteiger partial charge is 0.461 e. The summed E-state index contributed by atoms with van der Waals surface area (Å²) in [5.74, 6) is -0.177. The van der Waals surface area contributed by atoms with Crippen LogP contribution in [0.25, 0.3) is 11.3 Å². The number of aryl methyl sites for hydroxylation is 1. The standard InChI is InChI=1S/C26H21F4N5O3/c1-15-8-9-17(34-22(36)16-5-3-6-18(13-16)38-26(29,30)24(27)28)14-21(15)37-23-19(7-4-11-32-23)20-10-12-33-25(31-2)35-20/h3-14,24H,1-2H3,(H,34,36)(H,31,33,35). The zero-order valence-electron chi connectivity index (χ0n) is 20.1. The van der Waals surface area contributed by atoms with Crippen molar-refractivity contribution in [3.05, 3.63) is 84.2 Å². The number of alkyl halides is 4. The van der Waals surface area contributed by atoms with E-state index < -0.39 is 24.2 Å². The minimum atomic E-state index is -4.69. The highest BCUT2D eigenvalue weighted by Gasteiger charge is 2.44. The van der Waals surface area contributed by atoms with E-state index in [2.05, 4.69) is 30.3 Å². The van der Waals surface area contributed by atoms with Crippen molar-refractivity contribution < 1.29 is 31.8 Å². The van der Waals surface area contributed by atoms with Crippen molar-refractivity contribution in [2.45, 2.75) is 19.5 Å². The molecule has 0 radical (unpaired) electrons. The lowest BCUT2D eigenvalue weighted by Crippen LogP contribution is -2.33. The van der Waals surface area contributed by atoms with E-state index in [-0.39, 0.29) is 11.4 Å². The Morgan fingerprint density at radius 3 is 2.58 bits per heavy atom. The van der Waals surface area contributed by atoms with Crippen LogP contribution in [0.3, 0.4) is 0 Å². The highest BCUT2D eigenvalue weighted by molar-refractivity contribution is 6.04. The van der Waals surface area contributed by atoms with E-state index in [1.807, 2.05) is 0 Å². The molecule has 0 atom stereocenters. The van der Waals surface area contributed by atoms with Crippen molar-refractivity contribution >= 4 is 17.5 Å². The Labute approximate surface area is 214 Å². The van der Waals surface area contributed by atoms with Crippen LogP contribution >= 0.6 is 0 Å². The molecule has 4 rings (SSSR count). The van der Waals surface area contributed by atoms with Crippen LogP contribution in [0.4, 0.5) is 29.2 Å². The highest BCUT2D eigenvalue weighted by atomic mass is 19.3. The summed E-state index contributed by atoms with van der Waals surface area (Å²) < 4.78 is 61.5. The van der Waals surface area contributed by atoms with E-state index in [1.165, 1.54) is 12.1 Å². The van der Waals surface area contributed by atoms with Crippen LogP contribution in [0.5, 0.6) is 17.4 Å². The minimum Gasteiger partial charge on any atom is -0.438 e. The van der Waals surface area contributed by atoms with Gasteiger partial charge in [-0.2, -0.15) is 17.6 Å². The molecule has 0 aliphatic rings. The topological polar surface area (TPSA) is 98.3 Å². The third kappa shape index (κ3) is 6.14. The SMILES string of the molecule is CNc1nccc(-c2cccnc2Oc2cc(NC(=O)c3cccc(OC(F)(F)C(F)F)c3)ccc2C)n1. The van der Waals surface area contributed by atoms with Crippen LogP contribution in [0.1, 0.15) is 15.9 Å². The Morgan fingerprint density at radius 2 is 1.82 bits per heavy atom. The molecule has 2 aromatic heterocycles. The van der Waals surface area contributed by atoms with Crippen LogP contribution in [-0.4, -0.2) is 40.4 Å². The number of ether oxygens (including phenoxy) is 2. The summed E-state index contributed by atoms with van der Waals surface area (Å²) in [4.78, 5) is 25.6. The van der Waals surface area contributed by atoms with Gasteiger partial charge in [0.15, 0.2) is 0 Å². The molecule has 196 valence electrons. The molecule has 0 fully saturated rings. The van der Waals surface area contributed by atoms with E-state index in [4.69, 9.17) is 4.74 Å². The second-order valence-electron chi connectivity index (χ2n) is 7.90. The van der Waals surface area contributed by atoms with Gasteiger partial charge in [0.05, 0.1) is 11.3 Å². The first-order valence-electron chi connectivity index (χ1n) is 11.2. The predicted molar refractivity (Wildman–Crippen MR) is 132 cm³/mol. The quantitative estimate of drug-likeness (QED) is 0.251. The van der Waals surface area contributed by atoms with E-state index >= 15 is 0 Å². The van der Waals surface area contributed by atoms with Crippen molar-refractivity contribution in [3.8, 4) is 28.6 Å². The van der Waals surface area contributed by atoms with Gasteiger partial charge in [-0.3, -0.25) is 4.79 Å². The second kappa shape index (κ2) is 11.1. The molecule has 0 bridgehead atoms. The van der Waals surface area contributed by atoms with Gasteiger partial charge in [-0.1, -0.05) is 12.1 Å². The number of aromatic nitrogens is 3. The lowest BCUT2D eigenvalue weighted by Gasteiger charge is -2.17. The number of nitrogens with zero attached hydrogens (tertiary/aromatic N) is 3. The number of pyridine rings is 1. The molecule has 8 nitrogen and oxygen atoms in total. The molecule has 0 unspecified atom stereocenters. The van der Waals surface area contributed by atoms with Crippen LogP contribution < -0.4 is 20.1 Å². The Kier molecular flexibility index (Phi) is 7.70. The van der Waals surface area contributed by atoms with Crippen molar-refractivity contribution in [3.63, 3.8) is 0 Å². The maximum absolute atomic E-state index is 13.2. The zero-order valence-corrected chi connectivity index (χ0v) is 20.1. The maximum Gasteiger partial charge on any atom is 0.461 e. The summed E-state index contributed by atoms with van der Waals surface area (Å²) in [5.41, 5.74) is 2.18. The normalized spacial score (nSPS) is 11.2. The Balaban J connectivity index is 1.55. The van der Waals surface area contributed by atoms with Gasteiger partial charge in [0.2, 0.25) is 11.8 Å². The van der Waals surface area contributed by atoms with Gasteiger partial charge in [-0.15, -0.1) is 0 Å². The van der Waals surface area contributed by atoms with Crippen LogP contribution in [0.15, 0.2) is 73.1 Å². The van der Waals surface area contributed by atoms with Crippen LogP contribution in [-0.2, 0) is 0 Å². The zero-order chi connectivity index (χ0) is 27.3. The number of hydrogen-bond donors (Lipinski definition) is 2. The van der Waals surface area contributed by atoms with E-state index in [9.17, 15) is 22.4 Å². The molecule has 38 heavy (non-hydrogen) atoms. The molecule has 2 N–H and O–H groups in total. The Morgan fingerprint density at radius 1 is 1.00 bits per heavy atom. The van der Waals surface area contributed by atoms with Gasteiger partial charge < -0.3 is 20.1 Å². The fourth-order valence-electron chi connectivity index (χ4n) is 3.29. The van der Waals surface area contributed by atoms with Crippen LogP contribution in [0, 0.1) is 6.92 Å². The van der Waals surface area contributed by atoms with Gasteiger partial charge >= 0.3 is 12.5 Å². The number of carbonyl (C=O) groups is 1. The van der Waals surface area contributed by atoms with E-state index in [0.717, 1.165) is 17.7 Å². The summed E-state index contributed by atoms with van der Waals surface area (Å²) in [5, 5.41) is 5.50. The van der Waals surface area contributed by atoms with Crippen molar-refractivity contribution in [1.82, 2.24) is 15.0 Å². The molecule has 1 amide bonds. The first-order chi connectivity index (χ1) is 18.2. The average Bonchev–Trinajstić information content (AvgIpc) is 2.90. The first kappa shape index (κ1) is 26.3. The number of carbonyl (C=O) groups excluding carboxylic acids is 1. The number of hydrogen-bond acceptors (Lipinski definition) is 7. The summed E-state index contributed by atoms with van der Waals surface area (Å²) in [6.45, 7) is 1.80. The molecule has 12 heteroatoms. The van der Waals surface area contributed by atoms with E-state index in [1.54, 1.807) is 62.8 Å². The lowest BCUT2D eigenvalue weighted by molar-refractivity contribution is -0.253. The molecule has 0 aliphatic carbocycles. The Bertz CT molecular complexity index is 1450. The van der Waals surface area contributed by atoms with Gasteiger partial charge in [-0.25, -0.2) is 15.0 Å². The number of nitrogens with one attached hydrogen (secondary N) is 2. The minimum absolute atomic E-state index is 0.0771. The number of benzene rings is 2. The smallest absolute Gasteiger partial charge is 0.438 e. The molecule has 0 aliphatic heterocycles. The lowest BCUT2D eigenvalue weighted by atomic mass is 10.1. The first-order valence-corrected chi connectivity index (χ1v) is 11.2. The average molecular weight is 527 g/mol. The van der Waals surface area contributed by atoms with Gasteiger partial charge in [0.1, 0.15) is 11.5 Å². The molecular weight excluding hydrogens is 506 g/mol. The Hall–Kier alpha value is -4.74. The van der Waals surface area contributed by atoms with Crippen molar-refractivity contribution in [2.75, 3.05) is 17.7 Å². The van der Waals surface area contributed by atoms with Gasteiger partial charge in [-0.05, 0) is 55.0 Å². The molecule has 0 saturated carbocycles. The number of amides is 1. The van der Waals surface area contributed by atoms with Gasteiger partial charge in [0, 0.05) is 36.8 Å². The fraction of sp³-hybridized carbons (Fsp3) is 0.154. The summed E-state index contributed by atoms with van der Waals surface area (Å²) in [7, 11) is 1.70. The van der Waals surface area contributed by atoms with Crippen LogP contribution in [0.2, 0.25) is 0 Å². The predicted octanol–water partition coefficient (Wildman–Crippen LogP) is 6.17. The fourth-order valence-corrected chi connectivity index (χ4v) is 3.29. The summed E-state index contributed by atoms with van der Waals surface area (Å²) >= 11 is 0. The molecule has 0 spiro atoms. The van der Waals surface area contributed by atoms with E-state index in [0.29, 0.717) is 28.6 Å². The number of anilines is 2. The summed E-state index contributed by atoms with van der Waals surface area (Å²) in [6, 6.07) is 14.7. The third-order valence-electron chi connectivity index (χ3n) is 5.18. The third-order valence-corrected chi connectivity index (χ3v) is 5.18. The number of halogens is 4. The number of rotatable bonds is 9. The second-order valence-corrected chi connectivity index (χ2v) is 7.90. The molecule has 0 saturated heterocycles. The van der Waals surface area contributed by atoms with Crippen molar-refractivity contribution in [2.24, 2.45) is 0 Å². The maximum atomic E-state index is 13.2.